The second kappa shape index (κ2) is 7.65. The van der Waals surface area contributed by atoms with Gasteiger partial charge >= 0.3 is 6.03 Å². The van der Waals surface area contributed by atoms with E-state index in [1.807, 2.05) is 0 Å². The van der Waals surface area contributed by atoms with E-state index in [9.17, 15) is 14.3 Å². The van der Waals surface area contributed by atoms with Crippen molar-refractivity contribution in [2.24, 2.45) is 0 Å². The summed E-state index contributed by atoms with van der Waals surface area (Å²) in [5.74, 6) is 0.110. The van der Waals surface area contributed by atoms with Crippen LogP contribution < -0.4 is 10.6 Å². The number of nitrogens with one attached hydrogen (secondary N) is 2. The second-order valence-corrected chi connectivity index (χ2v) is 6.43. The Morgan fingerprint density at radius 1 is 1.28 bits per heavy atom. The van der Waals surface area contributed by atoms with Crippen LogP contribution in [0.4, 0.5) is 9.18 Å². The lowest BCUT2D eigenvalue weighted by atomic mass is 9.99. The van der Waals surface area contributed by atoms with Crippen LogP contribution >= 0.6 is 0 Å². The molecule has 134 valence electrons. The molecule has 6 nitrogen and oxygen atoms in total. The van der Waals surface area contributed by atoms with Crippen LogP contribution in [0.15, 0.2) is 34.9 Å². The molecule has 2 amide bonds. The Morgan fingerprint density at radius 3 is 2.68 bits per heavy atom. The molecule has 25 heavy (non-hydrogen) atoms. The molecule has 1 aliphatic rings. The largest absolute Gasteiger partial charge is 0.444 e. The molecule has 0 radical (unpaired) electrons. The normalized spacial score (nSPS) is 15.9. The van der Waals surface area contributed by atoms with E-state index in [4.69, 9.17) is 4.42 Å². The Hall–Kier alpha value is -2.41. The molecule has 1 saturated carbocycles. The number of aliphatic hydroxyl groups excluding tert-OH is 1. The minimum atomic E-state index is -0.478. The van der Waals surface area contributed by atoms with Gasteiger partial charge in [-0.1, -0.05) is 12.8 Å². The summed E-state index contributed by atoms with van der Waals surface area (Å²) in [5.41, 5.74) is 0.926. The van der Waals surface area contributed by atoms with Gasteiger partial charge in [0.05, 0.1) is 17.8 Å². The van der Waals surface area contributed by atoms with Gasteiger partial charge < -0.3 is 20.2 Å². The van der Waals surface area contributed by atoms with Crippen molar-refractivity contribution in [1.82, 2.24) is 15.6 Å². The number of nitrogens with zero attached hydrogens (tertiary/aromatic N) is 1. The van der Waals surface area contributed by atoms with E-state index in [1.165, 1.54) is 18.4 Å². The number of aliphatic hydroxyl groups is 1. The molecule has 0 bridgehead atoms. The molecule has 1 aromatic carbocycles. The molecule has 0 saturated heterocycles. The first kappa shape index (κ1) is 17.4. The number of carbonyl (C=O) groups is 1. The number of hydrogen-bond acceptors (Lipinski definition) is 4. The lowest BCUT2D eigenvalue weighted by Gasteiger charge is -2.27. The van der Waals surface area contributed by atoms with E-state index in [-0.39, 0.29) is 18.5 Å². The maximum Gasteiger partial charge on any atom is 0.315 e. The van der Waals surface area contributed by atoms with Gasteiger partial charge in [0, 0.05) is 18.5 Å². The van der Waals surface area contributed by atoms with Crippen molar-refractivity contribution < 1.29 is 18.7 Å². The molecule has 1 fully saturated rings. The summed E-state index contributed by atoms with van der Waals surface area (Å²) in [7, 11) is 0. The van der Waals surface area contributed by atoms with Crippen LogP contribution in [-0.2, 0) is 6.42 Å². The summed E-state index contributed by atoms with van der Waals surface area (Å²) < 4.78 is 18.3. The molecule has 1 aromatic heterocycles. The minimum absolute atomic E-state index is 0.0370. The summed E-state index contributed by atoms with van der Waals surface area (Å²) in [4.78, 5) is 16.3. The average molecular weight is 347 g/mol. The van der Waals surface area contributed by atoms with Gasteiger partial charge in [0.1, 0.15) is 12.1 Å². The molecule has 1 aliphatic carbocycles. The third kappa shape index (κ3) is 4.36. The zero-order chi connectivity index (χ0) is 17.7. The molecule has 1 heterocycles. The van der Waals surface area contributed by atoms with E-state index < -0.39 is 5.54 Å². The van der Waals surface area contributed by atoms with Gasteiger partial charge in [-0.2, -0.15) is 0 Å². The van der Waals surface area contributed by atoms with Gasteiger partial charge in [-0.05, 0) is 37.1 Å². The maximum atomic E-state index is 12.9. The lowest BCUT2D eigenvalue weighted by molar-refractivity contribution is 0.163. The highest BCUT2D eigenvalue weighted by Crippen LogP contribution is 2.28. The van der Waals surface area contributed by atoms with Gasteiger partial charge in [0.2, 0.25) is 5.89 Å². The Morgan fingerprint density at radius 2 is 2.00 bits per heavy atom. The molecule has 0 atom stereocenters. The van der Waals surface area contributed by atoms with Crippen LogP contribution in [-0.4, -0.2) is 34.8 Å². The van der Waals surface area contributed by atoms with E-state index in [0.29, 0.717) is 30.1 Å². The van der Waals surface area contributed by atoms with Crippen molar-refractivity contribution >= 4 is 6.03 Å². The fourth-order valence-electron chi connectivity index (χ4n) is 3.11. The first-order valence-corrected chi connectivity index (χ1v) is 8.47. The van der Waals surface area contributed by atoms with Crippen LogP contribution in [0, 0.1) is 5.82 Å². The predicted octanol–water partition coefficient (Wildman–Crippen LogP) is 2.63. The standard InChI is InChI=1S/C18H22FN3O3/c19-14-5-3-13(4-6-14)16-21-15(11-25-16)7-10-20-17(24)22-18(12-23)8-1-2-9-18/h3-6,11,23H,1-2,7-10,12H2,(H2,20,22,24). The number of halogens is 1. The number of urea groups is 1. The molecular formula is C18H22FN3O3. The zero-order valence-electron chi connectivity index (χ0n) is 13.9. The Kier molecular flexibility index (Phi) is 5.33. The highest BCUT2D eigenvalue weighted by Gasteiger charge is 2.34. The maximum absolute atomic E-state index is 12.9. The molecule has 0 spiro atoms. The third-order valence-corrected chi connectivity index (χ3v) is 4.55. The molecule has 3 rings (SSSR count). The predicted molar refractivity (Wildman–Crippen MR) is 90.4 cm³/mol. The quantitative estimate of drug-likeness (QED) is 0.750. The fourth-order valence-corrected chi connectivity index (χ4v) is 3.11. The summed E-state index contributed by atoms with van der Waals surface area (Å²) in [6.07, 6.45) is 5.70. The van der Waals surface area contributed by atoms with Crippen molar-refractivity contribution in [3.8, 4) is 11.5 Å². The smallest absolute Gasteiger partial charge is 0.315 e. The molecule has 7 heteroatoms. The zero-order valence-corrected chi connectivity index (χ0v) is 13.9. The number of carbonyl (C=O) groups excluding carboxylic acids is 1. The first-order chi connectivity index (χ1) is 12.1. The Bertz CT molecular complexity index is 709. The summed E-state index contributed by atoms with van der Waals surface area (Å²) in [6, 6.07) is 5.63. The van der Waals surface area contributed by atoms with Crippen molar-refractivity contribution in [2.75, 3.05) is 13.2 Å². The van der Waals surface area contributed by atoms with Crippen LogP contribution in [0.2, 0.25) is 0 Å². The van der Waals surface area contributed by atoms with Gasteiger partial charge in [0.25, 0.3) is 0 Å². The van der Waals surface area contributed by atoms with Crippen LogP contribution in [0.3, 0.4) is 0 Å². The van der Waals surface area contributed by atoms with Crippen LogP contribution in [0.1, 0.15) is 31.4 Å². The van der Waals surface area contributed by atoms with Crippen molar-refractivity contribution in [3.63, 3.8) is 0 Å². The van der Waals surface area contributed by atoms with E-state index >= 15 is 0 Å². The number of hydrogen-bond donors (Lipinski definition) is 3. The molecule has 0 aliphatic heterocycles. The fraction of sp³-hybridized carbons (Fsp3) is 0.444. The highest BCUT2D eigenvalue weighted by molar-refractivity contribution is 5.74. The van der Waals surface area contributed by atoms with Gasteiger partial charge in [0.15, 0.2) is 0 Å². The Labute approximate surface area is 145 Å². The van der Waals surface area contributed by atoms with Gasteiger partial charge in [-0.3, -0.25) is 0 Å². The third-order valence-electron chi connectivity index (χ3n) is 4.55. The van der Waals surface area contributed by atoms with E-state index in [1.54, 1.807) is 12.1 Å². The van der Waals surface area contributed by atoms with Crippen molar-refractivity contribution in [3.05, 3.63) is 42.0 Å². The van der Waals surface area contributed by atoms with Gasteiger partial charge in [-0.15, -0.1) is 0 Å². The second-order valence-electron chi connectivity index (χ2n) is 6.43. The monoisotopic (exact) mass is 347 g/mol. The Balaban J connectivity index is 1.47. The van der Waals surface area contributed by atoms with E-state index in [0.717, 1.165) is 25.7 Å². The van der Waals surface area contributed by atoms with Crippen LogP contribution in [0.25, 0.3) is 11.5 Å². The number of amides is 2. The average Bonchev–Trinajstić information content (AvgIpc) is 3.26. The summed E-state index contributed by atoms with van der Waals surface area (Å²) in [5, 5.41) is 15.2. The van der Waals surface area contributed by atoms with E-state index in [2.05, 4.69) is 15.6 Å². The molecule has 0 unspecified atom stereocenters. The topological polar surface area (TPSA) is 87.4 Å². The van der Waals surface area contributed by atoms with Crippen LogP contribution in [0.5, 0.6) is 0 Å². The lowest BCUT2D eigenvalue weighted by Crippen LogP contribution is -2.53. The first-order valence-electron chi connectivity index (χ1n) is 8.47. The molecular weight excluding hydrogens is 325 g/mol. The number of rotatable bonds is 6. The summed E-state index contributed by atoms with van der Waals surface area (Å²) >= 11 is 0. The molecule has 2 aromatic rings. The molecule has 3 N–H and O–H groups in total. The summed E-state index contributed by atoms with van der Waals surface area (Å²) in [6.45, 7) is 0.369. The number of oxazole rings is 1. The SMILES string of the molecule is O=C(NCCc1coc(-c2ccc(F)cc2)n1)NC1(CO)CCCC1. The highest BCUT2D eigenvalue weighted by atomic mass is 19.1. The van der Waals surface area contributed by atoms with Crippen molar-refractivity contribution in [2.45, 2.75) is 37.6 Å². The number of benzene rings is 1. The minimum Gasteiger partial charge on any atom is -0.444 e. The van der Waals surface area contributed by atoms with Gasteiger partial charge in [-0.25, -0.2) is 14.2 Å². The number of aromatic nitrogens is 1. The van der Waals surface area contributed by atoms with Crippen molar-refractivity contribution in [1.29, 1.82) is 0 Å².